The quantitative estimate of drug-likeness (QED) is 0.0625. The van der Waals surface area contributed by atoms with Gasteiger partial charge in [0.25, 0.3) is 0 Å². The largest absolute Gasteiger partial charge is 0.494 e. The number of fused-ring (bicyclic) bond motifs is 4. The minimum Gasteiger partial charge on any atom is -0.494 e. The molecule has 0 aromatic heterocycles. The van der Waals surface area contributed by atoms with E-state index in [0.29, 0.717) is 57.9 Å². The van der Waals surface area contributed by atoms with Gasteiger partial charge in [-0.25, -0.2) is 4.98 Å². The molecule has 1 fully saturated rings. The molecule has 0 spiro atoms. The molecule has 12 nitrogen and oxygen atoms in total. The molecule has 1 saturated heterocycles. The van der Waals surface area contributed by atoms with Crippen molar-refractivity contribution in [1.82, 2.24) is 4.98 Å². The molecular formula is C35H40N2O10S. The summed E-state index contributed by atoms with van der Waals surface area (Å²) in [5.41, 5.74) is 2.03. The second-order valence-corrected chi connectivity index (χ2v) is 12.7. The third kappa shape index (κ3) is 7.84. The Balaban J connectivity index is 1.28. The number of carbonyl (C=O) groups excluding carboxylic acids is 3. The number of hydrogen-bond donors (Lipinski definition) is 0. The van der Waals surface area contributed by atoms with Crippen molar-refractivity contribution in [2.24, 2.45) is 0 Å². The number of carbonyl (C=O) groups is 3. The number of ether oxygens (including phenoxy) is 5. The van der Waals surface area contributed by atoms with Gasteiger partial charge in [0, 0.05) is 62.5 Å². The van der Waals surface area contributed by atoms with E-state index in [1.165, 1.54) is 38.6 Å². The summed E-state index contributed by atoms with van der Waals surface area (Å²) in [4.78, 5) is 55.7. The lowest BCUT2D eigenvalue weighted by Crippen LogP contribution is -2.59. The first-order valence-electron chi connectivity index (χ1n) is 16.0. The number of thioether (sulfide) groups is 1. The summed E-state index contributed by atoms with van der Waals surface area (Å²) in [6.45, 7) is 11.7. The molecule has 0 radical (unpaired) electrons. The third-order valence-electron chi connectivity index (χ3n) is 8.00. The molecule has 2 heterocycles. The summed E-state index contributed by atoms with van der Waals surface area (Å²) in [5.74, 6) is -0.253. The van der Waals surface area contributed by atoms with Gasteiger partial charge in [-0.15, -0.1) is 11.8 Å². The van der Waals surface area contributed by atoms with Gasteiger partial charge in [0.1, 0.15) is 22.4 Å². The lowest BCUT2D eigenvalue weighted by Gasteiger charge is -2.43. The molecule has 2 aliphatic heterocycles. The molecule has 48 heavy (non-hydrogen) atoms. The summed E-state index contributed by atoms with van der Waals surface area (Å²) in [6, 6.07) is 12.6. The molecule has 5 rings (SSSR count). The molecule has 2 aromatic rings. The van der Waals surface area contributed by atoms with E-state index in [0.717, 1.165) is 18.8 Å². The predicted octanol–water partition coefficient (Wildman–Crippen LogP) is 5.33. The standard InChI is InChI=1S/C35H40N2O10S/c1-7-37(8-2)23-10-13-27-29(16-23)47-30-18-28(41)25-12-11-24(17-26(25)31(30)36-27)42-14-9-15-48-35-34(46-22(6)40)33(45-21(5)39)32(19(3)43-35)44-20(4)38/h10-13,16-19,32-35H,7-9,14-15H2,1-6H3/t19-,32+,33+,34-,35+/m0/s1. The van der Waals surface area contributed by atoms with Gasteiger partial charge in [0.05, 0.1) is 12.7 Å². The summed E-state index contributed by atoms with van der Waals surface area (Å²) < 4.78 is 34.7. The van der Waals surface area contributed by atoms with Crippen LogP contribution in [0.3, 0.4) is 0 Å². The Morgan fingerprint density at radius 1 is 0.875 bits per heavy atom. The highest BCUT2D eigenvalue weighted by Crippen LogP contribution is 2.35. The van der Waals surface area contributed by atoms with Crippen LogP contribution < -0.4 is 15.1 Å². The van der Waals surface area contributed by atoms with E-state index in [-0.39, 0.29) is 5.43 Å². The maximum absolute atomic E-state index is 13.0. The highest BCUT2D eigenvalue weighted by molar-refractivity contribution is 7.99. The number of hydrogen-bond acceptors (Lipinski definition) is 13. The van der Waals surface area contributed by atoms with Crippen molar-refractivity contribution in [2.45, 2.75) is 77.8 Å². The highest BCUT2D eigenvalue weighted by atomic mass is 32.2. The van der Waals surface area contributed by atoms with Crippen LogP contribution >= 0.6 is 11.8 Å². The fourth-order valence-electron chi connectivity index (χ4n) is 5.87. The van der Waals surface area contributed by atoms with Crippen LogP contribution in [-0.4, -0.2) is 78.2 Å². The molecule has 3 aliphatic rings. The maximum atomic E-state index is 13.0. The zero-order valence-electron chi connectivity index (χ0n) is 27.8. The first-order chi connectivity index (χ1) is 23.0. The van der Waals surface area contributed by atoms with Crippen LogP contribution in [0.5, 0.6) is 5.75 Å². The predicted molar refractivity (Wildman–Crippen MR) is 182 cm³/mol. The maximum Gasteiger partial charge on any atom is 0.303 e. The van der Waals surface area contributed by atoms with Gasteiger partial charge in [0.2, 0.25) is 0 Å². The highest BCUT2D eigenvalue weighted by Gasteiger charge is 2.50. The van der Waals surface area contributed by atoms with Crippen molar-refractivity contribution in [3.05, 3.63) is 52.7 Å². The second kappa shape index (κ2) is 15.2. The van der Waals surface area contributed by atoms with Gasteiger partial charge >= 0.3 is 17.9 Å². The van der Waals surface area contributed by atoms with E-state index in [4.69, 9.17) is 33.1 Å². The number of nitrogens with zero attached hydrogens (tertiary/aromatic N) is 2. The molecule has 2 aromatic carbocycles. The zero-order chi connectivity index (χ0) is 34.5. The minimum absolute atomic E-state index is 0.169. The Labute approximate surface area is 282 Å². The Morgan fingerprint density at radius 3 is 2.25 bits per heavy atom. The normalized spacial score (nSPS) is 20.8. The molecule has 0 saturated carbocycles. The summed E-state index contributed by atoms with van der Waals surface area (Å²) >= 11 is 1.37. The third-order valence-corrected chi connectivity index (χ3v) is 9.24. The van der Waals surface area contributed by atoms with E-state index < -0.39 is 47.8 Å². The minimum atomic E-state index is -1.03. The first kappa shape index (κ1) is 35.0. The number of anilines is 1. The molecule has 0 amide bonds. The van der Waals surface area contributed by atoms with Gasteiger partial charge in [-0.05, 0) is 63.3 Å². The second-order valence-electron chi connectivity index (χ2n) is 11.5. The fraction of sp³-hybridized carbons (Fsp3) is 0.457. The number of benzene rings is 3. The van der Waals surface area contributed by atoms with Crippen molar-refractivity contribution in [3.63, 3.8) is 0 Å². The van der Waals surface area contributed by atoms with Gasteiger partial charge in [-0.2, -0.15) is 0 Å². The zero-order valence-corrected chi connectivity index (χ0v) is 28.7. The number of rotatable bonds is 12. The van der Waals surface area contributed by atoms with Crippen molar-refractivity contribution >= 4 is 57.2 Å². The smallest absolute Gasteiger partial charge is 0.303 e. The van der Waals surface area contributed by atoms with Crippen LogP contribution in [0, 0.1) is 0 Å². The van der Waals surface area contributed by atoms with Crippen molar-refractivity contribution in [2.75, 3.05) is 30.3 Å². The Morgan fingerprint density at radius 2 is 1.56 bits per heavy atom. The molecular weight excluding hydrogens is 640 g/mol. The van der Waals surface area contributed by atoms with Gasteiger partial charge in [-0.1, -0.05) is 0 Å². The van der Waals surface area contributed by atoms with Crippen LogP contribution in [0.2, 0.25) is 0 Å². The summed E-state index contributed by atoms with van der Waals surface area (Å²) in [6.07, 6.45) is -3.01. The van der Waals surface area contributed by atoms with Crippen molar-refractivity contribution in [3.8, 4) is 17.2 Å². The van der Waals surface area contributed by atoms with Crippen LogP contribution in [0.25, 0.3) is 33.3 Å². The summed E-state index contributed by atoms with van der Waals surface area (Å²) in [5, 5.41) is 1.15. The molecule has 0 bridgehead atoms. The van der Waals surface area contributed by atoms with E-state index >= 15 is 0 Å². The monoisotopic (exact) mass is 680 g/mol. The number of aromatic nitrogens is 1. The van der Waals surface area contributed by atoms with Crippen molar-refractivity contribution < 1.29 is 42.5 Å². The van der Waals surface area contributed by atoms with Crippen molar-refractivity contribution in [1.29, 1.82) is 0 Å². The van der Waals surface area contributed by atoms with Gasteiger partial charge in [0.15, 0.2) is 35.1 Å². The van der Waals surface area contributed by atoms with Crippen LogP contribution in [0.15, 0.2) is 51.7 Å². The van der Waals surface area contributed by atoms with E-state index in [1.54, 1.807) is 25.1 Å². The molecule has 1 aliphatic carbocycles. The van der Waals surface area contributed by atoms with Crippen LogP contribution in [-0.2, 0) is 33.3 Å². The Bertz CT molecular complexity index is 1820. The molecule has 13 heteroatoms. The Hall–Kier alpha value is -4.36. The van der Waals surface area contributed by atoms with E-state index in [2.05, 4.69) is 18.7 Å². The fourth-order valence-corrected chi connectivity index (χ4v) is 7.04. The molecule has 5 atom stereocenters. The average molecular weight is 681 g/mol. The molecule has 256 valence electrons. The first-order valence-corrected chi connectivity index (χ1v) is 17.0. The van der Waals surface area contributed by atoms with Crippen LogP contribution in [0.4, 0.5) is 5.69 Å². The van der Waals surface area contributed by atoms with Crippen LogP contribution in [0.1, 0.15) is 48.0 Å². The lowest BCUT2D eigenvalue weighted by atomic mass is 10.00. The van der Waals surface area contributed by atoms with Gasteiger partial charge < -0.3 is 33.0 Å². The number of esters is 3. The molecule has 0 unspecified atom stereocenters. The SMILES string of the molecule is CCN(CC)c1ccc2nc3c4cc(OCCCS[C@H]5O[C@@H](C)[C@@H](OC(C)=O)[C@@H](OC(C)=O)[C@@H]5OC(C)=O)ccc4c(=O)cc-3oc2c1. The summed E-state index contributed by atoms with van der Waals surface area (Å²) in [7, 11) is 0. The van der Waals surface area contributed by atoms with E-state index in [1.807, 2.05) is 18.2 Å². The van der Waals surface area contributed by atoms with Gasteiger partial charge in [-0.3, -0.25) is 19.2 Å². The average Bonchev–Trinajstić information content (AvgIpc) is 3.03. The Kier molecular flexibility index (Phi) is 11.1. The lowest BCUT2D eigenvalue weighted by molar-refractivity contribution is -0.229. The van der Waals surface area contributed by atoms with E-state index in [9.17, 15) is 19.2 Å². The topological polar surface area (TPSA) is 144 Å². The molecule has 0 N–H and O–H groups in total.